The number of hydrogen-bond acceptors (Lipinski definition) is 2. The number of aliphatic carboxylic acids is 1. The van der Waals surface area contributed by atoms with Crippen LogP contribution in [0.15, 0.2) is 48.5 Å². The van der Waals surface area contributed by atoms with Crippen LogP contribution in [0.3, 0.4) is 0 Å². The molecule has 0 radical (unpaired) electrons. The van der Waals surface area contributed by atoms with Gasteiger partial charge in [-0.1, -0.05) is 18.2 Å². The van der Waals surface area contributed by atoms with Crippen molar-refractivity contribution in [1.82, 2.24) is 0 Å². The first-order valence-corrected chi connectivity index (χ1v) is 6.17. The molecule has 0 saturated heterocycles. The maximum atomic E-state index is 12.8. The van der Waals surface area contributed by atoms with Crippen molar-refractivity contribution in [3.8, 4) is 0 Å². The predicted molar refractivity (Wildman–Crippen MR) is 72.2 cm³/mol. The fourth-order valence-electron chi connectivity index (χ4n) is 1.89. The largest absolute Gasteiger partial charge is 0.481 e. The summed E-state index contributed by atoms with van der Waals surface area (Å²) in [4.78, 5) is 22.8. The Kier molecular flexibility index (Phi) is 4.25. The van der Waals surface area contributed by atoms with Crippen LogP contribution in [-0.4, -0.2) is 16.9 Å². The van der Waals surface area contributed by atoms with Gasteiger partial charge in [-0.2, -0.15) is 0 Å². The van der Waals surface area contributed by atoms with E-state index in [-0.39, 0.29) is 12.2 Å². The molecule has 4 heteroatoms. The maximum Gasteiger partial charge on any atom is 0.303 e. The molecule has 2 aromatic rings. The fraction of sp³-hybridized carbons (Fsp3) is 0.125. The summed E-state index contributed by atoms with van der Waals surface area (Å²) in [6.45, 7) is 0. The molecule has 0 atom stereocenters. The lowest BCUT2D eigenvalue weighted by atomic mass is 10.00. The molecule has 20 heavy (non-hydrogen) atoms. The molecule has 0 fully saturated rings. The van der Waals surface area contributed by atoms with Crippen molar-refractivity contribution in [3.63, 3.8) is 0 Å². The first-order valence-electron chi connectivity index (χ1n) is 6.17. The van der Waals surface area contributed by atoms with E-state index in [1.807, 2.05) is 0 Å². The summed E-state index contributed by atoms with van der Waals surface area (Å²) >= 11 is 0. The molecule has 0 heterocycles. The van der Waals surface area contributed by atoms with Gasteiger partial charge < -0.3 is 5.11 Å². The lowest BCUT2D eigenvalue weighted by Gasteiger charge is -2.04. The number of ketones is 1. The van der Waals surface area contributed by atoms with E-state index in [0.29, 0.717) is 17.5 Å². The molecule has 0 aliphatic heterocycles. The molecular formula is C16H13FO3. The van der Waals surface area contributed by atoms with Crippen molar-refractivity contribution >= 4 is 11.8 Å². The van der Waals surface area contributed by atoms with Gasteiger partial charge in [0, 0.05) is 17.5 Å². The van der Waals surface area contributed by atoms with Gasteiger partial charge in [0.05, 0.1) is 0 Å². The van der Waals surface area contributed by atoms with Crippen molar-refractivity contribution in [3.05, 3.63) is 71.0 Å². The minimum Gasteiger partial charge on any atom is -0.481 e. The van der Waals surface area contributed by atoms with E-state index < -0.39 is 11.8 Å². The Morgan fingerprint density at radius 2 is 1.70 bits per heavy atom. The predicted octanol–water partition coefficient (Wildman–Crippen LogP) is 3.07. The van der Waals surface area contributed by atoms with Crippen LogP contribution in [0.2, 0.25) is 0 Å². The Balaban J connectivity index is 2.19. The van der Waals surface area contributed by atoms with E-state index in [2.05, 4.69) is 0 Å². The molecule has 3 nitrogen and oxygen atoms in total. The van der Waals surface area contributed by atoms with Gasteiger partial charge in [-0.15, -0.1) is 0 Å². The third kappa shape index (κ3) is 3.51. The molecule has 102 valence electrons. The number of carbonyl (C=O) groups is 2. The molecule has 2 aromatic carbocycles. The van der Waals surface area contributed by atoms with Gasteiger partial charge in [0.2, 0.25) is 0 Å². The molecule has 0 aliphatic carbocycles. The van der Waals surface area contributed by atoms with Crippen LogP contribution in [0.5, 0.6) is 0 Å². The highest BCUT2D eigenvalue weighted by molar-refractivity contribution is 6.09. The average molecular weight is 272 g/mol. The van der Waals surface area contributed by atoms with Crippen LogP contribution in [-0.2, 0) is 11.2 Å². The number of aryl methyl sites for hydroxylation is 1. The molecule has 0 spiro atoms. The Morgan fingerprint density at radius 1 is 1.00 bits per heavy atom. The monoisotopic (exact) mass is 272 g/mol. The van der Waals surface area contributed by atoms with Crippen LogP contribution in [0.4, 0.5) is 4.39 Å². The topological polar surface area (TPSA) is 54.4 Å². The van der Waals surface area contributed by atoms with Gasteiger partial charge in [-0.05, 0) is 42.3 Å². The number of rotatable bonds is 5. The summed E-state index contributed by atoms with van der Waals surface area (Å²) in [7, 11) is 0. The van der Waals surface area contributed by atoms with Crippen LogP contribution in [0.25, 0.3) is 0 Å². The van der Waals surface area contributed by atoms with Crippen molar-refractivity contribution in [2.75, 3.05) is 0 Å². The second kappa shape index (κ2) is 6.10. The van der Waals surface area contributed by atoms with E-state index in [1.54, 1.807) is 24.3 Å². The van der Waals surface area contributed by atoms with E-state index >= 15 is 0 Å². The zero-order chi connectivity index (χ0) is 14.5. The minimum atomic E-state index is -0.875. The average Bonchev–Trinajstić information content (AvgIpc) is 2.45. The van der Waals surface area contributed by atoms with E-state index in [4.69, 9.17) is 5.11 Å². The van der Waals surface area contributed by atoms with Gasteiger partial charge in [-0.25, -0.2) is 4.39 Å². The summed E-state index contributed by atoms with van der Waals surface area (Å²) in [5.74, 6) is -1.47. The van der Waals surface area contributed by atoms with Gasteiger partial charge >= 0.3 is 5.97 Å². The first-order chi connectivity index (χ1) is 9.56. The zero-order valence-electron chi connectivity index (χ0n) is 10.7. The third-order valence-corrected chi connectivity index (χ3v) is 2.92. The molecule has 0 amide bonds. The molecule has 0 unspecified atom stereocenters. The molecule has 0 bridgehead atoms. The molecule has 0 saturated carbocycles. The van der Waals surface area contributed by atoms with Crippen molar-refractivity contribution < 1.29 is 19.1 Å². The highest BCUT2D eigenvalue weighted by Gasteiger charge is 2.10. The number of carbonyl (C=O) groups excluding carboxylic acids is 1. The molecular weight excluding hydrogens is 259 g/mol. The number of halogens is 1. The fourth-order valence-corrected chi connectivity index (χ4v) is 1.89. The van der Waals surface area contributed by atoms with Gasteiger partial charge in [0.15, 0.2) is 5.78 Å². The van der Waals surface area contributed by atoms with Crippen molar-refractivity contribution in [2.45, 2.75) is 12.8 Å². The zero-order valence-corrected chi connectivity index (χ0v) is 10.7. The smallest absolute Gasteiger partial charge is 0.303 e. The lowest BCUT2D eigenvalue weighted by molar-refractivity contribution is -0.136. The van der Waals surface area contributed by atoms with Crippen LogP contribution >= 0.6 is 0 Å². The highest BCUT2D eigenvalue weighted by atomic mass is 19.1. The highest BCUT2D eigenvalue weighted by Crippen LogP contribution is 2.13. The van der Waals surface area contributed by atoms with E-state index in [9.17, 15) is 14.0 Å². The maximum absolute atomic E-state index is 12.8. The summed E-state index contributed by atoms with van der Waals surface area (Å²) in [5, 5.41) is 8.65. The number of carboxylic acids is 1. The first kappa shape index (κ1) is 13.9. The summed E-state index contributed by atoms with van der Waals surface area (Å²) in [5.41, 5.74) is 1.67. The normalized spacial score (nSPS) is 10.2. The minimum absolute atomic E-state index is 0.0220. The number of hydrogen-bond donors (Lipinski definition) is 1. The Labute approximate surface area is 115 Å². The number of carboxylic acid groups (broad SMARTS) is 1. The van der Waals surface area contributed by atoms with E-state index in [0.717, 1.165) is 5.56 Å². The molecule has 0 aliphatic rings. The molecule has 2 rings (SSSR count). The summed E-state index contributed by atoms with van der Waals surface area (Å²) < 4.78 is 12.8. The number of benzene rings is 2. The Morgan fingerprint density at radius 3 is 2.35 bits per heavy atom. The van der Waals surface area contributed by atoms with Gasteiger partial charge in [0.1, 0.15) is 5.82 Å². The van der Waals surface area contributed by atoms with E-state index in [1.165, 1.54) is 24.3 Å². The van der Waals surface area contributed by atoms with Crippen LogP contribution < -0.4 is 0 Å². The molecule has 1 N–H and O–H groups in total. The van der Waals surface area contributed by atoms with Gasteiger partial charge in [0.25, 0.3) is 0 Å². The summed E-state index contributed by atoms with van der Waals surface area (Å²) in [6.07, 6.45) is 0.397. The Hall–Kier alpha value is -2.49. The molecule has 0 aromatic heterocycles. The standard InChI is InChI=1S/C16H13FO3/c17-14-7-5-12(6-8-14)16(20)13-3-1-2-11(10-13)4-9-15(18)19/h1-3,5-8,10H,4,9H2,(H,18,19). The SMILES string of the molecule is O=C(O)CCc1cccc(C(=O)c2ccc(F)cc2)c1. The van der Waals surface area contributed by atoms with Crippen molar-refractivity contribution in [2.24, 2.45) is 0 Å². The van der Waals surface area contributed by atoms with Gasteiger partial charge in [-0.3, -0.25) is 9.59 Å². The lowest BCUT2D eigenvalue weighted by Crippen LogP contribution is -2.03. The third-order valence-electron chi connectivity index (χ3n) is 2.92. The van der Waals surface area contributed by atoms with Crippen LogP contribution in [0, 0.1) is 5.82 Å². The second-order valence-corrected chi connectivity index (χ2v) is 4.43. The Bertz CT molecular complexity index is 632. The second-order valence-electron chi connectivity index (χ2n) is 4.43. The van der Waals surface area contributed by atoms with Crippen LogP contribution in [0.1, 0.15) is 27.9 Å². The summed E-state index contributed by atoms with van der Waals surface area (Å²) in [6, 6.07) is 12.2. The van der Waals surface area contributed by atoms with Crippen molar-refractivity contribution in [1.29, 1.82) is 0 Å². The quantitative estimate of drug-likeness (QED) is 0.851.